The molecule has 1 aliphatic heterocycles. The quantitative estimate of drug-likeness (QED) is 0.103. The molecule has 13 nitrogen and oxygen atoms in total. The number of likely N-dealkylation sites (N-methyl/N-ethyl adjacent to an activating group) is 2. The highest BCUT2D eigenvalue weighted by atomic mass is 16.5. The molecule has 2 rings (SSSR count). The first kappa shape index (κ1) is 53.2. The van der Waals surface area contributed by atoms with Gasteiger partial charge in [0.05, 0.1) is 42.7 Å². The number of aliphatic carboxylic acids is 1. The van der Waals surface area contributed by atoms with Gasteiger partial charge in [-0.15, -0.1) is 0 Å². The largest absolute Gasteiger partial charge is 0.481 e. The molecule has 0 bridgehead atoms. The third kappa shape index (κ3) is 14.8. The molecular formula is C48H77N3O10. The van der Waals surface area contributed by atoms with Crippen molar-refractivity contribution < 1.29 is 48.1 Å². The summed E-state index contributed by atoms with van der Waals surface area (Å²) in [6, 6.07) is 7.50. The molecule has 0 aliphatic carbocycles. The second-order valence-electron chi connectivity index (χ2n) is 18.3. The summed E-state index contributed by atoms with van der Waals surface area (Å²) in [5.74, 6) is -5.27. The molecule has 344 valence electrons. The van der Waals surface area contributed by atoms with Crippen LogP contribution in [0.25, 0.3) is 0 Å². The maximum atomic E-state index is 14.5. The first-order chi connectivity index (χ1) is 28.6. The van der Waals surface area contributed by atoms with E-state index in [-0.39, 0.29) is 97.3 Å². The second kappa shape index (κ2) is 25.2. The van der Waals surface area contributed by atoms with Crippen LogP contribution >= 0.6 is 0 Å². The normalized spacial score (nSPS) is 18.2. The number of hydrogen-bond acceptors (Lipinski definition) is 9. The lowest BCUT2D eigenvalue weighted by Gasteiger charge is -2.41. The van der Waals surface area contributed by atoms with Crippen LogP contribution in [0.15, 0.2) is 30.3 Å². The number of amides is 3. The van der Waals surface area contributed by atoms with E-state index >= 15 is 0 Å². The van der Waals surface area contributed by atoms with Crippen LogP contribution in [-0.2, 0) is 49.5 Å². The van der Waals surface area contributed by atoms with Crippen molar-refractivity contribution in [1.82, 2.24) is 14.7 Å². The van der Waals surface area contributed by atoms with Crippen LogP contribution in [0.4, 0.5) is 0 Å². The van der Waals surface area contributed by atoms with Crippen LogP contribution in [0.3, 0.4) is 0 Å². The van der Waals surface area contributed by atoms with Gasteiger partial charge in [-0.25, -0.2) is 0 Å². The summed E-state index contributed by atoms with van der Waals surface area (Å²) in [5, 5.41) is 9.98. The first-order valence-electron chi connectivity index (χ1n) is 22.3. The van der Waals surface area contributed by atoms with Gasteiger partial charge in [-0.2, -0.15) is 0 Å². The molecule has 0 spiro atoms. The summed E-state index contributed by atoms with van der Waals surface area (Å²) in [6.45, 7) is 17.3. The Bertz CT molecular complexity index is 1610. The van der Waals surface area contributed by atoms with Crippen molar-refractivity contribution in [3.63, 3.8) is 0 Å². The Morgan fingerprint density at radius 2 is 1.41 bits per heavy atom. The maximum absolute atomic E-state index is 14.5. The zero-order chi connectivity index (χ0) is 46.3. The number of benzene rings is 1. The molecule has 3 amide bonds. The smallest absolute Gasteiger partial charge is 0.307 e. The number of ketones is 3. The van der Waals surface area contributed by atoms with Crippen molar-refractivity contribution in [2.75, 3.05) is 34.9 Å². The van der Waals surface area contributed by atoms with Gasteiger partial charge in [-0.05, 0) is 42.6 Å². The predicted octanol–water partition coefficient (Wildman–Crippen LogP) is 6.53. The lowest BCUT2D eigenvalue weighted by Crippen LogP contribution is -2.54. The van der Waals surface area contributed by atoms with Crippen molar-refractivity contribution in [3.05, 3.63) is 35.9 Å². The van der Waals surface area contributed by atoms with Gasteiger partial charge in [0, 0.05) is 78.3 Å². The summed E-state index contributed by atoms with van der Waals surface area (Å²) in [5.41, 5.74) is 0.833. The van der Waals surface area contributed by atoms with E-state index in [1.807, 2.05) is 71.9 Å². The molecule has 1 aromatic rings. The van der Waals surface area contributed by atoms with Gasteiger partial charge >= 0.3 is 5.97 Å². The van der Waals surface area contributed by atoms with E-state index in [0.29, 0.717) is 25.8 Å². The van der Waals surface area contributed by atoms with E-state index in [0.717, 1.165) is 5.56 Å². The van der Waals surface area contributed by atoms with Gasteiger partial charge < -0.3 is 29.3 Å². The average Bonchev–Trinajstić information content (AvgIpc) is 3.70. The lowest BCUT2D eigenvalue weighted by atomic mass is 9.83. The van der Waals surface area contributed by atoms with Crippen LogP contribution in [0, 0.1) is 41.4 Å². The van der Waals surface area contributed by atoms with E-state index in [1.165, 1.54) is 19.1 Å². The fraction of sp³-hybridized carbons (Fsp3) is 0.729. The molecule has 1 aliphatic rings. The van der Waals surface area contributed by atoms with Crippen molar-refractivity contribution in [1.29, 1.82) is 0 Å². The number of likely N-dealkylation sites (tertiary alicyclic amines) is 1. The predicted molar refractivity (Wildman–Crippen MR) is 235 cm³/mol. The Balaban J connectivity index is 2.29. The Morgan fingerprint density at radius 1 is 0.787 bits per heavy atom. The highest BCUT2D eigenvalue weighted by Crippen LogP contribution is 2.32. The minimum atomic E-state index is -1.04. The average molecular weight is 856 g/mol. The third-order valence-electron chi connectivity index (χ3n) is 13.0. The zero-order valence-electron chi connectivity index (χ0n) is 39.3. The van der Waals surface area contributed by atoms with Gasteiger partial charge in [0.2, 0.25) is 17.7 Å². The molecule has 0 unspecified atom stereocenters. The monoisotopic (exact) mass is 856 g/mol. The maximum Gasteiger partial charge on any atom is 0.307 e. The number of Topliss-reactive ketones (excluding diaryl/α,β-unsaturated/α-hetero) is 3. The number of methoxy groups -OCH3 is 2. The number of carbonyl (C=O) groups is 7. The minimum absolute atomic E-state index is 0.0108. The van der Waals surface area contributed by atoms with Crippen molar-refractivity contribution in [2.24, 2.45) is 41.4 Å². The van der Waals surface area contributed by atoms with E-state index < -0.39 is 54.1 Å². The molecule has 1 saturated heterocycles. The van der Waals surface area contributed by atoms with Gasteiger partial charge in [0.1, 0.15) is 11.6 Å². The summed E-state index contributed by atoms with van der Waals surface area (Å²) in [4.78, 5) is 99.0. The van der Waals surface area contributed by atoms with E-state index in [2.05, 4.69) is 0 Å². The summed E-state index contributed by atoms with van der Waals surface area (Å²) in [6.07, 6.45) is 0.693. The van der Waals surface area contributed by atoms with Crippen LogP contribution < -0.4 is 0 Å². The fourth-order valence-corrected chi connectivity index (χ4v) is 9.01. The lowest BCUT2D eigenvalue weighted by molar-refractivity contribution is -0.150. The van der Waals surface area contributed by atoms with Crippen molar-refractivity contribution >= 4 is 41.0 Å². The highest BCUT2D eigenvalue weighted by Gasteiger charge is 2.44. The number of hydrogen-bond donors (Lipinski definition) is 1. The summed E-state index contributed by atoms with van der Waals surface area (Å²) < 4.78 is 12.0. The highest BCUT2D eigenvalue weighted by molar-refractivity contribution is 5.94. The van der Waals surface area contributed by atoms with Crippen molar-refractivity contribution in [2.45, 2.75) is 150 Å². The number of carbonyl (C=O) groups excluding carboxylic acids is 6. The topological polar surface area (TPSA) is 168 Å². The van der Waals surface area contributed by atoms with Gasteiger partial charge in [-0.1, -0.05) is 99.1 Å². The molecular weight excluding hydrogens is 779 g/mol. The van der Waals surface area contributed by atoms with Gasteiger partial charge in [0.25, 0.3) is 0 Å². The number of carboxylic acids is 1. The summed E-state index contributed by atoms with van der Waals surface area (Å²) >= 11 is 0. The van der Waals surface area contributed by atoms with E-state index in [1.54, 1.807) is 44.7 Å². The molecule has 0 saturated carbocycles. The first-order valence-corrected chi connectivity index (χ1v) is 22.3. The number of rotatable bonds is 27. The molecule has 0 aromatic heterocycles. The fourth-order valence-electron chi connectivity index (χ4n) is 9.01. The molecule has 1 heterocycles. The Kier molecular flexibility index (Phi) is 22.0. The molecule has 0 radical (unpaired) electrons. The standard InChI is InChI=1S/C48H77N3O10/c1-14-32(8)45(50(11)47(57)36(29(2)3)27-40(54)44(31(6)7)49(10)42(55)23-22-38(52)30(4)5)41(60-12)28-43(56)51-24-18-21-37(51)46(61-13)33(9)39(53)26-35(48(58)59)25-34-19-16-15-17-20-34/h15-17,19-20,29-33,35-37,41,44-46H,14,18,21-28H2,1-13H3,(H,58,59)/t32-,33-,35+,36-,37-,41+,44-,45-,46+/m0/s1. The number of nitrogens with zero attached hydrogens (tertiary/aromatic N) is 3. The van der Waals surface area contributed by atoms with Crippen LogP contribution in [0.1, 0.15) is 119 Å². The Morgan fingerprint density at radius 3 is 1.92 bits per heavy atom. The Labute approximate surface area is 365 Å². The van der Waals surface area contributed by atoms with Crippen molar-refractivity contribution in [3.8, 4) is 0 Å². The molecule has 9 atom stereocenters. The second-order valence-corrected chi connectivity index (χ2v) is 18.3. The number of ether oxygens (including phenoxy) is 2. The minimum Gasteiger partial charge on any atom is -0.481 e. The SMILES string of the molecule is CC[C@H](C)[C@@H]([C@@H](CC(=O)N1CCC[C@H]1[C@H](OC)[C@@H](C)C(=O)C[C@@H](Cc1ccccc1)C(=O)O)OC)N(C)C(=O)[C@@H](CC(=O)[C@H](C(C)C)N(C)C(=O)CCC(=O)C(C)C)C(C)C. The van der Waals surface area contributed by atoms with E-state index in [4.69, 9.17) is 9.47 Å². The Hall–Kier alpha value is -3.97. The molecule has 61 heavy (non-hydrogen) atoms. The van der Waals surface area contributed by atoms with Crippen LogP contribution in [-0.4, -0.2) is 126 Å². The molecule has 1 N–H and O–H groups in total. The van der Waals surface area contributed by atoms with Gasteiger partial charge in [0.15, 0.2) is 5.78 Å². The summed E-state index contributed by atoms with van der Waals surface area (Å²) in [7, 11) is 6.32. The van der Waals surface area contributed by atoms with Crippen LogP contribution in [0.5, 0.6) is 0 Å². The van der Waals surface area contributed by atoms with Gasteiger partial charge in [-0.3, -0.25) is 33.6 Å². The van der Waals surface area contributed by atoms with Crippen LogP contribution in [0.2, 0.25) is 0 Å². The molecule has 13 heteroatoms. The molecule has 1 fully saturated rings. The third-order valence-corrected chi connectivity index (χ3v) is 13.0. The molecule has 1 aromatic carbocycles. The zero-order valence-corrected chi connectivity index (χ0v) is 39.3. The number of carboxylic acid groups (broad SMARTS) is 1. The van der Waals surface area contributed by atoms with E-state index in [9.17, 15) is 38.7 Å².